The molecular formula is C17H25N3O2. The molecule has 3 rings (SSSR count). The SMILES string of the molecule is Cc1cccc(NC(=O)C2CN(C)CC3(CCNCC3)O2)c1. The van der Waals surface area contributed by atoms with Crippen molar-refractivity contribution in [2.45, 2.75) is 31.5 Å². The molecule has 1 spiro atoms. The number of carbonyl (C=O) groups is 1. The van der Waals surface area contributed by atoms with Gasteiger partial charge in [0.2, 0.25) is 0 Å². The number of ether oxygens (including phenoxy) is 1. The second-order valence-corrected chi connectivity index (χ2v) is 6.59. The maximum Gasteiger partial charge on any atom is 0.254 e. The maximum atomic E-state index is 12.6. The van der Waals surface area contributed by atoms with E-state index >= 15 is 0 Å². The molecule has 0 aromatic heterocycles. The van der Waals surface area contributed by atoms with Crippen molar-refractivity contribution in [1.29, 1.82) is 0 Å². The number of hydrogen-bond donors (Lipinski definition) is 2. The first-order chi connectivity index (χ1) is 10.6. The van der Waals surface area contributed by atoms with Crippen LogP contribution in [0.3, 0.4) is 0 Å². The number of morpholine rings is 1. The van der Waals surface area contributed by atoms with Crippen LogP contribution in [0.1, 0.15) is 18.4 Å². The Morgan fingerprint density at radius 1 is 1.41 bits per heavy atom. The molecular weight excluding hydrogens is 278 g/mol. The van der Waals surface area contributed by atoms with E-state index in [1.54, 1.807) is 0 Å². The van der Waals surface area contributed by atoms with Gasteiger partial charge < -0.3 is 20.3 Å². The van der Waals surface area contributed by atoms with Crippen molar-refractivity contribution in [3.63, 3.8) is 0 Å². The summed E-state index contributed by atoms with van der Waals surface area (Å²) < 4.78 is 6.26. The zero-order valence-corrected chi connectivity index (χ0v) is 13.4. The van der Waals surface area contributed by atoms with Crippen LogP contribution in [0.5, 0.6) is 0 Å². The average Bonchev–Trinajstić information content (AvgIpc) is 2.47. The van der Waals surface area contributed by atoms with E-state index in [4.69, 9.17) is 4.74 Å². The van der Waals surface area contributed by atoms with Gasteiger partial charge in [-0.3, -0.25) is 4.79 Å². The van der Waals surface area contributed by atoms with Gasteiger partial charge in [0, 0.05) is 18.8 Å². The van der Waals surface area contributed by atoms with E-state index < -0.39 is 6.10 Å². The third-order valence-electron chi connectivity index (χ3n) is 4.52. The van der Waals surface area contributed by atoms with Crippen LogP contribution < -0.4 is 10.6 Å². The van der Waals surface area contributed by atoms with Crippen LogP contribution in [-0.4, -0.2) is 55.7 Å². The highest BCUT2D eigenvalue weighted by Crippen LogP contribution is 2.30. The third kappa shape index (κ3) is 3.48. The van der Waals surface area contributed by atoms with Gasteiger partial charge in [0.05, 0.1) is 5.60 Å². The van der Waals surface area contributed by atoms with Crippen LogP contribution in [0, 0.1) is 6.92 Å². The summed E-state index contributed by atoms with van der Waals surface area (Å²) in [6, 6.07) is 7.86. The van der Waals surface area contributed by atoms with E-state index in [0.717, 1.165) is 43.7 Å². The van der Waals surface area contributed by atoms with E-state index in [9.17, 15) is 4.79 Å². The van der Waals surface area contributed by atoms with Gasteiger partial charge in [-0.25, -0.2) is 0 Å². The van der Waals surface area contributed by atoms with E-state index in [2.05, 4.69) is 22.6 Å². The predicted octanol–water partition coefficient (Wildman–Crippen LogP) is 1.39. The van der Waals surface area contributed by atoms with Crippen LogP contribution in [0.25, 0.3) is 0 Å². The lowest BCUT2D eigenvalue weighted by Gasteiger charge is -2.46. The molecule has 2 aliphatic rings. The number of amides is 1. The molecule has 1 amide bonds. The molecule has 1 aromatic carbocycles. The predicted molar refractivity (Wildman–Crippen MR) is 87.0 cm³/mol. The van der Waals surface area contributed by atoms with Gasteiger partial charge in [-0.05, 0) is 57.6 Å². The Morgan fingerprint density at radius 2 is 2.18 bits per heavy atom. The van der Waals surface area contributed by atoms with Gasteiger partial charge in [0.15, 0.2) is 0 Å². The Labute approximate surface area is 132 Å². The summed E-state index contributed by atoms with van der Waals surface area (Å²) in [5.74, 6) is -0.0462. The lowest BCUT2D eigenvalue weighted by Crippen LogP contribution is -2.60. The second-order valence-electron chi connectivity index (χ2n) is 6.59. The number of aryl methyl sites for hydroxylation is 1. The Morgan fingerprint density at radius 3 is 2.91 bits per heavy atom. The Hall–Kier alpha value is -1.43. The van der Waals surface area contributed by atoms with E-state index in [1.807, 2.05) is 31.2 Å². The van der Waals surface area contributed by atoms with Crippen molar-refractivity contribution in [3.05, 3.63) is 29.8 Å². The third-order valence-corrected chi connectivity index (χ3v) is 4.52. The summed E-state index contributed by atoms with van der Waals surface area (Å²) >= 11 is 0. The Bertz CT molecular complexity index is 540. The van der Waals surface area contributed by atoms with E-state index in [1.165, 1.54) is 0 Å². The topological polar surface area (TPSA) is 53.6 Å². The molecule has 5 nitrogen and oxygen atoms in total. The molecule has 120 valence electrons. The highest BCUT2D eigenvalue weighted by molar-refractivity contribution is 5.94. The summed E-state index contributed by atoms with van der Waals surface area (Å²) in [6.07, 6.45) is 1.52. The first kappa shape index (κ1) is 15.5. The minimum Gasteiger partial charge on any atom is -0.359 e. The van der Waals surface area contributed by atoms with Gasteiger partial charge >= 0.3 is 0 Å². The number of piperidine rings is 1. The van der Waals surface area contributed by atoms with Crippen molar-refractivity contribution in [2.24, 2.45) is 0 Å². The Kier molecular flexibility index (Phi) is 4.47. The van der Waals surface area contributed by atoms with Crippen LogP contribution >= 0.6 is 0 Å². The van der Waals surface area contributed by atoms with Gasteiger partial charge in [-0.15, -0.1) is 0 Å². The number of likely N-dealkylation sites (N-methyl/N-ethyl adjacent to an activating group) is 1. The highest BCUT2D eigenvalue weighted by Gasteiger charge is 2.42. The number of rotatable bonds is 2. The van der Waals surface area contributed by atoms with Gasteiger partial charge in [-0.1, -0.05) is 12.1 Å². The van der Waals surface area contributed by atoms with Crippen molar-refractivity contribution in [3.8, 4) is 0 Å². The molecule has 2 heterocycles. The molecule has 0 saturated carbocycles. The smallest absolute Gasteiger partial charge is 0.254 e. The van der Waals surface area contributed by atoms with Gasteiger partial charge in [0.1, 0.15) is 6.10 Å². The quantitative estimate of drug-likeness (QED) is 0.867. The molecule has 1 unspecified atom stereocenters. The summed E-state index contributed by atoms with van der Waals surface area (Å²) in [5, 5.41) is 6.35. The number of nitrogens with one attached hydrogen (secondary N) is 2. The number of benzene rings is 1. The van der Waals surface area contributed by atoms with E-state index in [0.29, 0.717) is 6.54 Å². The molecule has 1 atom stereocenters. The normalized spacial score (nSPS) is 25.1. The van der Waals surface area contributed by atoms with Gasteiger partial charge in [0.25, 0.3) is 5.91 Å². The van der Waals surface area contributed by atoms with Crippen molar-refractivity contribution in [2.75, 3.05) is 38.5 Å². The number of anilines is 1. The molecule has 2 saturated heterocycles. The maximum absolute atomic E-state index is 12.6. The molecule has 0 radical (unpaired) electrons. The average molecular weight is 303 g/mol. The molecule has 2 fully saturated rings. The molecule has 0 bridgehead atoms. The zero-order chi connectivity index (χ0) is 15.6. The fraction of sp³-hybridized carbons (Fsp3) is 0.588. The van der Waals surface area contributed by atoms with Gasteiger partial charge in [-0.2, -0.15) is 0 Å². The second kappa shape index (κ2) is 6.36. The number of nitrogens with zero attached hydrogens (tertiary/aromatic N) is 1. The van der Waals surface area contributed by atoms with Crippen LogP contribution in [0.15, 0.2) is 24.3 Å². The number of carbonyl (C=O) groups excluding carboxylic acids is 1. The highest BCUT2D eigenvalue weighted by atomic mass is 16.5. The first-order valence-electron chi connectivity index (χ1n) is 8.01. The van der Waals surface area contributed by atoms with Crippen LogP contribution in [0.2, 0.25) is 0 Å². The van der Waals surface area contributed by atoms with Crippen LogP contribution in [-0.2, 0) is 9.53 Å². The van der Waals surface area contributed by atoms with Crippen molar-refractivity contribution >= 4 is 11.6 Å². The molecule has 22 heavy (non-hydrogen) atoms. The standard InChI is InChI=1S/C17H25N3O2/c1-13-4-3-5-14(10-13)19-16(21)15-11-20(2)12-17(22-15)6-8-18-9-7-17/h3-5,10,15,18H,6-9,11-12H2,1-2H3,(H,19,21). The minimum atomic E-state index is -0.405. The molecule has 1 aromatic rings. The van der Waals surface area contributed by atoms with E-state index in [-0.39, 0.29) is 11.5 Å². The summed E-state index contributed by atoms with van der Waals surface area (Å²) in [7, 11) is 2.07. The van der Waals surface area contributed by atoms with Crippen molar-refractivity contribution in [1.82, 2.24) is 10.2 Å². The zero-order valence-electron chi connectivity index (χ0n) is 13.4. The molecule has 2 N–H and O–H groups in total. The molecule has 2 aliphatic heterocycles. The first-order valence-corrected chi connectivity index (χ1v) is 8.01. The summed E-state index contributed by atoms with van der Waals surface area (Å²) in [5.41, 5.74) is 1.79. The Balaban J connectivity index is 1.68. The molecule has 5 heteroatoms. The lowest BCUT2D eigenvalue weighted by atomic mass is 9.89. The van der Waals surface area contributed by atoms with Crippen LogP contribution in [0.4, 0.5) is 5.69 Å². The minimum absolute atomic E-state index is 0.0462. The fourth-order valence-electron chi connectivity index (χ4n) is 3.46. The fourth-order valence-corrected chi connectivity index (χ4v) is 3.46. The lowest BCUT2D eigenvalue weighted by molar-refractivity contribution is -0.172. The summed E-state index contributed by atoms with van der Waals surface area (Å²) in [6.45, 7) is 5.49. The largest absolute Gasteiger partial charge is 0.359 e. The number of hydrogen-bond acceptors (Lipinski definition) is 4. The summed E-state index contributed by atoms with van der Waals surface area (Å²) in [4.78, 5) is 14.8. The monoisotopic (exact) mass is 303 g/mol. The molecule has 0 aliphatic carbocycles. The van der Waals surface area contributed by atoms with Crippen molar-refractivity contribution < 1.29 is 9.53 Å².